The molecule has 0 saturated heterocycles. The molecule has 0 heterocycles. The van der Waals surface area contributed by atoms with Gasteiger partial charge in [0.1, 0.15) is 0 Å². The molecule has 0 unspecified atom stereocenters. The van der Waals surface area contributed by atoms with Gasteiger partial charge in [0.15, 0.2) is 0 Å². The van der Waals surface area contributed by atoms with Gasteiger partial charge in [0.25, 0.3) is 5.91 Å². The number of benzene rings is 1. The summed E-state index contributed by atoms with van der Waals surface area (Å²) in [5.74, 6) is -0.213. The Morgan fingerprint density at radius 2 is 2.00 bits per heavy atom. The number of rotatable bonds is 4. The molecule has 0 aliphatic carbocycles. The standard InChI is InChI=1S/C12H17BrN2O3S/c1-4-15(8(2)3)12(16)9-5-6-10(13)11(7-9)19(14,17)18/h5-8H,4H2,1-3H3,(H2,14,17,18). The maximum Gasteiger partial charge on any atom is 0.254 e. The van der Waals surface area contributed by atoms with Crippen LogP contribution in [-0.4, -0.2) is 31.8 Å². The summed E-state index contributed by atoms with van der Waals surface area (Å²) in [6.45, 7) is 6.23. The van der Waals surface area contributed by atoms with Crippen molar-refractivity contribution in [3.8, 4) is 0 Å². The van der Waals surface area contributed by atoms with E-state index in [4.69, 9.17) is 5.14 Å². The lowest BCUT2D eigenvalue weighted by Crippen LogP contribution is -2.36. The van der Waals surface area contributed by atoms with Crippen LogP contribution < -0.4 is 5.14 Å². The largest absolute Gasteiger partial charge is 0.337 e. The topological polar surface area (TPSA) is 80.5 Å². The summed E-state index contributed by atoms with van der Waals surface area (Å²) in [5.41, 5.74) is 0.308. The van der Waals surface area contributed by atoms with E-state index in [0.717, 1.165) is 0 Å². The van der Waals surface area contributed by atoms with Crippen molar-refractivity contribution in [3.05, 3.63) is 28.2 Å². The van der Waals surface area contributed by atoms with Crippen molar-refractivity contribution >= 4 is 31.9 Å². The van der Waals surface area contributed by atoms with Gasteiger partial charge >= 0.3 is 0 Å². The molecule has 19 heavy (non-hydrogen) atoms. The Morgan fingerprint density at radius 3 is 2.42 bits per heavy atom. The summed E-state index contributed by atoms with van der Waals surface area (Å²) in [6.07, 6.45) is 0. The molecule has 0 bridgehead atoms. The number of nitrogens with two attached hydrogens (primary N) is 1. The number of hydrogen-bond acceptors (Lipinski definition) is 3. The Hall–Kier alpha value is -0.920. The molecule has 1 amide bonds. The van der Waals surface area contributed by atoms with Gasteiger partial charge in [0.2, 0.25) is 10.0 Å². The first-order valence-corrected chi connectivity index (χ1v) is 8.15. The predicted octanol–water partition coefficient (Wildman–Crippen LogP) is 1.97. The predicted molar refractivity (Wildman–Crippen MR) is 77.4 cm³/mol. The van der Waals surface area contributed by atoms with E-state index in [9.17, 15) is 13.2 Å². The molecule has 0 aliphatic heterocycles. The van der Waals surface area contributed by atoms with Gasteiger partial charge in [0, 0.05) is 22.6 Å². The van der Waals surface area contributed by atoms with Crippen LogP contribution in [0.5, 0.6) is 0 Å². The highest BCUT2D eigenvalue weighted by Gasteiger charge is 2.20. The number of carbonyl (C=O) groups excluding carboxylic acids is 1. The van der Waals surface area contributed by atoms with E-state index in [1.54, 1.807) is 11.0 Å². The number of primary sulfonamides is 1. The number of nitrogens with zero attached hydrogens (tertiary/aromatic N) is 1. The lowest BCUT2D eigenvalue weighted by atomic mass is 10.1. The Morgan fingerprint density at radius 1 is 1.42 bits per heavy atom. The van der Waals surface area contributed by atoms with Gasteiger partial charge in [-0.05, 0) is 54.9 Å². The van der Waals surface area contributed by atoms with E-state index < -0.39 is 10.0 Å². The summed E-state index contributed by atoms with van der Waals surface area (Å²) < 4.78 is 23.2. The molecule has 0 radical (unpaired) electrons. The molecule has 1 aromatic rings. The average molecular weight is 349 g/mol. The SMILES string of the molecule is CCN(C(=O)c1ccc(Br)c(S(N)(=O)=O)c1)C(C)C. The minimum atomic E-state index is -3.86. The van der Waals surface area contributed by atoms with Gasteiger partial charge in [-0.2, -0.15) is 0 Å². The van der Waals surface area contributed by atoms with Gasteiger partial charge in [-0.15, -0.1) is 0 Å². The van der Waals surface area contributed by atoms with Crippen molar-refractivity contribution in [2.75, 3.05) is 6.54 Å². The molecule has 5 nitrogen and oxygen atoms in total. The normalized spacial score (nSPS) is 11.7. The van der Waals surface area contributed by atoms with Gasteiger partial charge < -0.3 is 4.90 Å². The minimum absolute atomic E-state index is 0.0408. The summed E-state index contributed by atoms with van der Waals surface area (Å²) in [6, 6.07) is 4.43. The van der Waals surface area contributed by atoms with Crippen molar-refractivity contribution in [1.29, 1.82) is 0 Å². The molecule has 0 aliphatic rings. The number of carbonyl (C=O) groups is 1. The Bertz CT molecular complexity index is 585. The molecule has 0 saturated carbocycles. The van der Waals surface area contributed by atoms with E-state index >= 15 is 0 Å². The minimum Gasteiger partial charge on any atom is -0.337 e. The summed E-state index contributed by atoms with van der Waals surface area (Å²) >= 11 is 3.11. The van der Waals surface area contributed by atoms with E-state index in [1.807, 2.05) is 20.8 Å². The third-order valence-corrected chi connectivity index (χ3v) is 4.61. The number of halogens is 1. The molecule has 2 N–H and O–H groups in total. The van der Waals surface area contributed by atoms with Crippen LogP contribution in [-0.2, 0) is 10.0 Å². The fourth-order valence-corrected chi connectivity index (χ4v) is 3.32. The Balaban J connectivity index is 3.27. The zero-order valence-electron chi connectivity index (χ0n) is 11.1. The summed E-state index contributed by atoms with van der Waals surface area (Å²) in [5, 5.41) is 5.11. The smallest absolute Gasteiger partial charge is 0.254 e. The van der Waals surface area contributed by atoms with Crippen molar-refractivity contribution in [2.24, 2.45) is 5.14 Å². The third-order valence-electron chi connectivity index (χ3n) is 2.71. The molecule has 0 spiro atoms. The second-order valence-electron chi connectivity index (χ2n) is 4.38. The van der Waals surface area contributed by atoms with Crippen molar-refractivity contribution < 1.29 is 13.2 Å². The molecule has 1 rings (SSSR count). The lowest BCUT2D eigenvalue weighted by Gasteiger charge is -2.25. The first-order chi connectivity index (χ1) is 8.68. The van der Waals surface area contributed by atoms with Crippen LogP contribution in [0.15, 0.2) is 27.6 Å². The highest BCUT2D eigenvalue weighted by Crippen LogP contribution is 2.23. The summed E-state index contributed by atoms with van der Waals surface area (Å²) in [4.78, 5) is 13.8. The Kier molecular flexibility index (Phi) is 5.11. The molecular weight excluding hydrogens is 332 g/mol. The molecule has 1 aromatic carbocycles. The van der Waals surface area contributed by atoms with Gasteiger partial charge in [0.05, 0.1) is 4.90 Å². The first kappa shape index (κ1) is 16.1. The van der Waals surface area contributed by atoms with Crippen molar-refractivity contribution in [3.63, 3.8) is 0 Å². The second-order valence-corrected chi connectivity index (χ2v) is 6.76. The van der Waals surface area contributed by atoms with Crippen LogP contribution in [0.4, 0.5) is 0 Å². The highest BCUT2D eigenvalue weighted by atomic mass is 79.9. The van der Waals surface area contributed by atoms with E-state index in [2.05, 4.69) is 15.9 Å². The fraction of sp³-hybridized carbons (Fsp3) is 0.417. The molecule has 7 heteroatoms. The first-order valence-electron chi connectivity index (χ1n) is 5.81. The second kappa shape index (κ2) is 6.02. The maximum atomic E-state index is 12.3. The molecule has 0 aromatic heterocycles. The van der Waals surface area contributed by atoms with Crippen LogP contribution in [0, 0.1) is 0 Å². The summed E-state index contributed by atoms with van der Waals surface area (Å²) in [7, 11) is -3.86. The van der Waals surface area contributed by atoms with Crippen LogP contribution in [0.25, 0.3) is 0 Å². The van der Waals surface area contributed by atoms with Crippen LogP contribution in [0.2, 0.25) is 0 Å². The number of hydrogen-bond donors (Lipinski definition) is 1. The zero-order valence-corrected chi connectivity index (χ0v) is 13.5. The van der Waals surface area contributed by atoms with E-state index in [0.29, 0.717) is 16.6 Å². The van der Waals surface area contributed by atoms with E-state index in [-0.39, 0.29) is 16.8 Å². The van der Waals surface area contributed by atoms with Gasteiger partial charge in [-0.25, -0.2) is 13.6 Å². The van der Waals surface area contributed by atoms with Crippen LogP contribution in [0.3, 0.4) is 0 Å². The van der Waals surface area contributed by atoms with Crippen LogP contribution in [0.1, 0.15) is 31.1 Å². The van der Waals surface area contributed by atoms with Gasteiger partial charge in [-0.3, -0.25) is 4.79 Å². The Labute approximate surface area is 122 Å². The molecular formula is C12H17BrN2O3S. The highest BCUT2D eigenvalue weighted by molar-refractivity contribution is 9.10. The molecule has 0 atom stereocenters. The zero-order chi connectivity index (χ0) is 14.8. The fourth-order valence-electron chi connectivity index (χ4n) is 1.76. The van der Waals surface area contributed by atoms with Crippen molar-refractivity contribution in [2.45, 2.75) is 31.7 Å². The van der Waals surface area contributed by atoms with E-state index in [1.165, 1.54) is 12.1 Å². The monoisotopic (exact) mass is 348 g/mol. The van der Waals surface area contributed by atoms with Crippen molar-refractivity contribution in [1.82, 2.24) is 4.90 Å². The maximum absolute atomic E-state index is 12.3. The molecule has 106 valence electrons. The number of sulfonamides is 1. The van der Waals surface area contributed by atoms with Gasteiger partial charge in [-0.1, -0.05) is 0 Å². The number of amides is 1. The quantitative estimate of drug-likeness (QED) is 0.902. The third kappa shape index (κ3) is 3.77. The van der Waals surface area contributed by atoms with Crippen LogP contribution >= 0.6 is 15.9 Å². The molecule has 0 fully saturated rings. The lowest BCUT2D eigenvalue weighted by molar-refractivity contribution is 0.0716. The average Bonchev–Trinajstić information content (AvgIpc) is 2.28.